The average molecular weight is 640 g/mol. The highest BCUT2D eigenvalue weighted by Crippen LogP contribution is 2.45. The first kappa shape index (κ1) is 28.9. The highest BCUT2D eigenvalue weighted by Gasteiger charge is 2.29. The van der Waals surface area contributed by atoms with Crippen LogP contribution in [0.2, 0.25) is 0 Å². The van der Waals surface area contributed by atoms with Crippen LogP contribution in [0.1, 0.15) is 9.67 Å². The molecule has 7 rings (SSSR count). The van der Waals surface area contributed by atoms with Crippen LogP contribution in [0.15, 0.2) is 91.0 Å². The molecule has 0 saturated carbocycles. The monoisotopic (exact) mass is 639 g/mol. The SMILES string of the molecule is O=C(O)c1cc2c(s1)c(-c1ccccc1)c(-c1ccc3nc(-c4ccccc4F)ccc3c1)n2CC(=O)N1CCS(=O)(=O)CC1. The summed E-state index contributed by atoms with van der Waals surface area (Å²) in [5, 5.41) is 10.7. The minimum atomic E-state index is -3.18. The predicted molar refractivity (Wildman–Crippen MR) is 174 cm³/mol. The summed E-state index contributed by atoms with van der Waals surface area (Å²) in [4.78, 5) is 32.1. The highest BCUT2D eigenvalue weighted by molar-refractivity contribution is 7.91. The maximum Gasteiger partial charge on any atom is 0.345 e. The third-order valence-corrected chi connectivity index (χ3v) is 10.9. The number of carbonyl (C=O) groups is 2. The highest BCUT2D eigenvalue weighted by atomic mass is 32.2. The Balaban J connectivity index is 1.40. The van der Waals surface area contributed by atoms with E-state index in [1.54, 1.807) is 35.2 Å². The molecule has 0 spiro atoms. The standard InChI is InChI=1S/C34H26FN3O5S2/c35-25-9-5-4-8-24(25)27-13-10-22-18-23(11-12-26(22)36-27)32-31(21-6-2-1-3-7-21)33-28(19-29(44-33)34(40)41)38(32)20-30(39)37-14-16-45(42,43)17-15-37/h1-13,18-19H,14-17,20H2,(H,40,41). The van der Waals surface area contributed by atoms with Crippen molar-refractivity contribution in [1.29, 1.82) is 0 Å². The zero-order valence-corrected chi connectivity index (χ0v) is 25.4. The number of halogens is 1. The van der Waals surface area contributed by atoms with Crippen molar-refractivity contribution in [3.63, 3.8) is 0 Å². The number of carbonyl (C=O) groups excluding carboxylic acids is 1. The van der Waals surface area contributed by atoms with Gasteiger partial charge in [0.25, 0.3) is 0 Å². The van der Waals surface area contributed by atoms with Crippen molar-refractivity contribution in [1.82, 2.24) is 14.5 Å². The molecule has 1 fully saturated rings. The van der Waals surface area contributed by atoms with E-state index >= 15 is 0 Å². The number of aromatic carboxylic acids is 1. The van der Waals surface area contributed by atoms with Gasteiger partial charge in [-0.05, 0) is 47.5 Å². The lowest BCUT2D eigenvalue weighted by atomic mass is 9.99. The fourth-order valence-corrected chi connectivity index (χ4v) is 8.12. The van der Waals surface area contributed by atoms with E-state index in [-0.39, 0.29) is 47.7 Å². The Morgan fingerprint density at radius 3 is 2.36 bits per heavy atom. The quantitative estimate of drug-likeness (QED) is 0.228. The summed E-state index contributed by atoms with van der Waals surface area (Å²) < 4.78 is 41.1. The van der Waals surface area contributed by atoms with E-state index in [9.17, 15) is 27.5 Å². The van der Waals surface area contributed by atoms with Gasteiger partial charge < -0.3 is 14.6 Å². The maximum atomic E-state index is 14.5. The number of fused-ring (bicyclic) bond motifs is 2. The Morgan fingerprint density at radius 2 is 1.62 bits per heavy atom. The van der Waals surface area contributed by atoms with Gasteiger partial charge in [0.05, 0.1) is 38.6 Å². The van der Waals surface area contributed by atoms with Crippen LogP contribution in [-0.4, -0.2) is 64.4 Å². The molecule has 0 radical (unpaired) electrons. The Hall–Kier alpha value is -4.87. The minimum absolute atomic E-state index is 0.0872. The number of aromatic nitrogens is 2. The van der Waals surface area contributed by atoms with Crippen LogP contribution < -0.4 is 0 Å². The van der Waals surface area contributed by atoms with Gasteiger partial charge in [-0.3, -0.25) is 4.79 Å². The summed E-state index contributed by atoms with van der Waals surface area (Å²) in [5.74, 6) is -1.84. The van der Waals surface area contributed by atoms with Crippen LogP contribution in [0, 0.1) is 5.82 Å². The van der Waals surface area contributed by atoms with Gasteiger partial charge in [0, 0.05) is 29.6 Å². The first-order chi connectivity index (χ1) is 21.7. The number of carboxylic acid groups (broad SMARTS) is 1. The lowest BCUT2D eigenvalue weighted by molar-refractivity contribution is -0.131. The van der Waals surface area contributed by atoms with E-state index < -0.39 is 15.8 Å². The summed E-state index contributed by atoms with van der Waals surface area (Å²) in [7, 11) is -3.18. The molecule has 3 aromatic carbocycles. The predicted octanol–water partition coefficient (Wildman–Crippen LogP) is 6.35. The van der Waals surface area contributed by atoms with E-state index in [0.29, 0.717) is 22.3 Å². The van der Waals surface area contributed by atoms with Crippen molar-refractivity contribution in [2.24, 2.45) is 0 Å². The van der Waals surface area contributed by atoms with Gasteiger partial charge in [-0.2, -0.15) is 0 Å². The molecular formula is C34H26FN3O5S2. The van der Waals surface area contributed by atoms with Crippen LogP contribution in [0.25, 0.3) is 54.8 Å². The lowest BCUT2D eigenvalue weighted by Gasteiger charge is -2.27. The van der Waals surface area contributed by atoms with Gasteiger partial charge in [0.15, 0.2) is 9.84 Å². The second-order valence-electron chi connectivity index (χ2n) is 10.9. The van der Waals surface area contributed by atoms with Crippen LogP contribution >= 0.6 is 11.3 Å². The Labute approximate surface area is 261 Å². The van der Waals surface area contributed by atoms with Crippen LogP contribution in [0.3, 0.4) is 0 Å². The first-order valence-corrected chi connectivity index (χ1v) is 16.9. The molecule has 0 atom stereocenters. The molecule has 0 unspecified atom stereocenters. The largest absolute Gasteiger partial charge is 0.477 e. The molecule has 1 aliphatic rings. The molecule has 8 nitrogen and oxygen atoms in total. The lowest BCUT2D eigenvalue weighted by Crippen LogP contribution is -2.45. The number of hydrogen-bond donors (Lipinski definition) is 1. The van der Waals surface area contributed by atoms with Gasteiger partial charge in [-0.25, -0.2) is 22.6 Å². The molecule has 1 aliphatic heterocycles. The zero-order chi connectivity index (χ0) is 31.3. The third kappa shape index (κ3) is 5.38. The number of benzene rings is 3. The molecule has 1 amide bonds. The number of rotatable bonds is 6. The van der Waals surface area contributed by atoms with E-state index in [4.69, 9.17) is 4.98 Å². The second-order valence-corrected chi connectivity index (χ2v) is 14.3. The molecule has 4 heterocycles. The number of sulfone groups is 1. The molecule has 45 heavy (non-hydrogen) atoms. The Morgan fingerprint density at radius 1 is 0.889 bits per heavy atom. The Bertz CT molecular complexity index is 2230. The summed E-state index contributed by atoms with van der Waals surface area (Å²) in [6, 6.07) is 27.0. The zero-order valence-electron chi connectivity index (χ0n) is 23.8. The van der Waals surface area contributed by atoms with Crippen molar-refractivity contribution in [3.05, 3.63) is 102 Å². The number of carboxylic acids is 1. The molecule has 6 aromatic rings. The smallest absolute Gasteiger partial charge is 0.345 e. The fraction of sp³-hybridized carbons (Fsp3) is 0.147. The van der Waals surface area contributed by atoms with Gasteiger partial charge in [0.2, 0.25) is 5.91 Å². The minimum Gasteiger partial charge on any atom is -0.477 e. The molecule has 0 bridgehead atoms. The normalized spacial score (nSPS) is 14.6. The average Bonchev–Trinajstić information content (AvgIpc) is 3.59. The van der Waals surface area contributed by atoms with E-state index in [1.165, 1.54) is 6.07 Å². The van der Waals surface area contributed by atoms with Gasteiger partial charge in [-0.15, -0.1) is 11.3 Å². The van der Waals surface area contributed by atoms with E-state index in [1.807, 2.05) is 59.2 Å². The topological polar surface area (TPSA) is 110 Å². The molecule has 3 aromatic heterocycles. The van der Waals surface area contributed by atoms with Crippen molar-refractivity contribution in [3.8, 4) is 33.6 Å². The van der Waals surface area contributed by atoms with Crippen molar-refractivity contribution >= 4 is 54.2 Å². The summed E-state index contributed by atoms with van der Waals surface area (Å²) >= 11 is 1.15. The van der Waals surface area contributed by atoms with Crippen molar-refractivity contribution < 1.29 is 27.5 Å². The van der Waals surface area contributed by atoms with Gasteiger partial charge in [0.1, 0.15) is 17.2 Å². The summed E-state index contributed by atoms with van der Waals surface area (Å²) in [6.07, 6.45) is 0. The molecule has 226 valence electrons. The van der Waals surface area contributed by atoms with Crippen molar-refractivity contribution in [2.75, 3.05) is 24.6 Å². The Kier molecular flexibility index (Phi) is 7.22. The number of hydrogen-bond acceptors (Lipinski definition) is 6. The number of pyridine rings is 1. The van der Waals surface area contributed by atoms with Crippen LogP contribution in [-0.2, 0) is 21.2 Å². The molecule has 11 heteroatoms. The van der Waals surface area contributed by atoms with E-state index in [0.717, 1.165) is 43.8 Å². The molecule has 0 aliphatic carbocycles. The first-order valence-electron chi connectivity index (χ1n) is 14.3. The number of thiophene rings is 1. The van der Waals surface area contributed by atoms with E-state index in [2.05, 4.69) is 0 Å². The van der Waals surface area contributed by atoms with Gasteiger partial charge >= 0.3 is 5.97 Å². The third-order valence-electron chi connectivity index (χ3n) is 8.11. The summed E-state index contributed by atoms with van der Waals surface area (Å²) in [6.45, 7) is 0.127. The molecule has 1 N–H and O–H groups in total. The molecular weight excluding hydrogens is 614 g/mol. The maximum absolute atomic E-state index is 14.5. The fourth-order valence-electron chi connectivity index (χ4n) is 5.86. The van der Waals surface area contributed by atoms with Crippen LogP contribution in [0.4, 0.5) is 4.39 Å². The summed E-state index contributed by atoms with van der Waals surface area (Å²) in [5.41, 5.74) is 5.37. The molecule has 1 saturated heterocycles. The van der Waals surface area contributed by atoms with Crippen LogP contribution in [0.5, 0.6) is 0 Å². The number of nitrogens with zero attached hydrogens (tertiary/aromatic N) is 3. The number of amides is 1. The van der Waals surface area contributed by atoms with Crippen molar-refractivity contribution in [2.45, 2.75) is 6.54 Å². The second kappa shape index (κ2) is 11.2. The van der Waals surface area contributed by atoms with Gasteiger partial charge in [-0.1, -0.05) is 54.6 Å².